The molecule has 0 N–H and O–H groups in total. The van der Waals surface area contributed by atoms with Crippen molar-refractivity contribution < 1.29 is 9.59 Å². The van der Waals surface area contributed by atoms with Gasteiger partial charge in [-0.15, -0.1) is 11.3 Å². The lowest BCUT2D eigenvalue weighted by Gasteiger charge is -2.34. The first kappa shape index (κ1) is 17.5. The maximum atomic E-state index is 12.7. The molecule has 7 heteroatoms. The molecule has 0 spiro atoms. The standard InChI is InChI=1S/C20H20N4O2S/c25-19(17-13-21-24(15-17)14-16-5-2-1-3-6-16)22-8-10-23(11-9-22)20(26)18-7-4-12-27-18/h1-7,12-13,15H,8-11,14H2. The molecule has 0 unspecified atom stereocenters. The van der Waals surface area contributed by atoms with E-state index >= 15 is 0 Å². The van der Waals surface area contributed by atoms with Crippen molar-refractivity contribution in [3.63, 3.8) is 0 Å². The Labute approximate surface area is 161 Å². The van der Waals surface area contributed by atoms with Gasteiger partial charge >= 0.3 is 0 Å². The van der Waals surface area contributed by atoms with Crippen molar-refractivity contribution in [2.24, 2.45) is 0 Å². The van der Waals surface area contributed by atoms with E-state index in [9.17, 15) is 9.59 Å². The Kier molecular flexibility index (Phi) is 5.02. The molecule has 1 fully saturated rings. The minimum absolute atomic E-state index is 0.0301. The zero-order chi connectivity index (χ0) is 18.6. The van der Waals surface area contributed by atoms with Gasteiger partial charge in [-0.25, -0.2) is 0 Å². The maximum Gasteiger partial charge on any atom is 0.264 e. The van der Waals surface area contributed by atoms with Crippen molar-refractivity contribution in [2.45, 2.75) is 6.54 Å². The summed E-state index contributed by atoms with van der Waals surface area (Å²) in [7, 11) is 0. The monoisotopic (exact) mass is 380 g/mol. The van der Waals surface area contributed by atoms with Gasteiger partial charge in [-0.05, 0) is 17.0 Å². The minimum Gasteiger partial charge on any atom is -0.335 e. The van der Waals surface area contributed by atoms with Crippen LogP contribution in [-0.4, -0.2) is 57.6 Å². The van der Waals surface area contributed by atoms with E-state index in [2.05, 4.69) is 5.10 Å². The smallest absolute Gasteiger partial charge is 0.264 e. The van der Waals surface area contributed by atoms with Gasteiger partial charge < -0.3 is 9.80 Å². The quantitative estimate of drug-likeness (QED) is 0.699. The third kappa shape index (κ3) is 3.93. The fraction of sp³-hybridized carbons (Fsp3) is 0.250. The summed E-state index contributed by atoms with van der Waals surface area (Å²) in [5.74, 6) is 0.0188. The lowest BCUT2D eigenvalue weighted by molar-refractivity contribution is 0.0538. The van der Waals surface area contributed by atoms with E-state index in [1.807, 2.05) is 52.7 Å². The summed E-state index contributed by atoms with van der Waals surface area (Å²) >= 11 is 1.45. The van der Waals surface area contributed by atoms with E-state index in [4.69, 9.17) is 0 Å². The molecule has 0 atom stereocenters. The molecule has 1 aliphatic rings. The van der Waals surface area contributed by atoms with Crippen LogP contribution in [0.2, 0.25) is 0 Å². The first-order chi connectivity index (χ1) is 13.2. The van der Waals surface area contributed by atoms with E-state index in [0.29, 0.717) is 38.3 Å². The normalized spacial score (nSPS) is 14.4. The minimum atomic E-state index is -0.0301. The van der Waals surface area contributed by atoms with Crippen molar-refractivity contribution in [3.05, 3.63) is 76.2 Å². The van der Waals surface area contributed by atoms with Crippen molar-refractivity contribution in [1.29, 1.82) is 0 Å². The highest BCUT2D eigenvalue weighted by molar-refractivity contribution is 7.12. The van der Waals surface area contributed by atoms with Crippen molar-refractivity contribution in [3.8, 4) is 0 Å². The maximum absolute atomic E-state index is 12.7. The van der Waals surface area contributed by atoms with Crippen LogP contribution in [0.25, 0.3) is 0 Å². The third-order valence-electron chi connectivity index (χ3n) is 4.65. The Morgan fingerprint density at radius 3 is 2.30 bits per heavy atom. The van der Waals surface area contributed by atoms with E-state index in [-0.39, 0.29) is 11.8 Å². The third-order valence-corrected chi connectivity index (χ3v) is 5.51. The van der Waals surface area contributed by atoms with Crippen LogP contribution in [0.1, 0.15) is 25.6 Å². The topological polar surface area (TPSA) is 58.4 Å². The number of aromatic nitrogens is 2. The highest BCUT2D eigenvalue weighted by atomic mass is 32.1. The molecule has 3 aromatic rings. The Morgan fingerprint density at radius 1 is 0.926 bits per heavy atom. The molecule has 1 aliphatic heterocycles. The number of amides is 2. The van der Waals surface area contributed by atoms with Crippen LogP contribution in [0.5, 0.6) is 0 Å². The van der Waals surface area contributed by atoms with Gasteiger partial charge in [0, 0.05) is 32.4 Å². The molecule has 1 aromatic carbocycles. The highest BCUT2D eigenvalue weighted by Crippen LogP contribution is 2.15. The molecule has 3 heterocycles. The Morgan fingerprint density at radius 2 is 1.63 bits per heavy atom. The number of rotatable bonds is 4. The largest absolute Gasteiger partial charge is 0.335 e. The molecular weight excluding hydrogens is 360 g/mol. The summed E-state index contributed by atoms with van der Waals surface area (Å²) in [6, 6.07) is 13.7. The number of carbonyl (C=O) groups excluding carboxylic acids is 2. The molecule has 138 valence electrons. The van der Waals surface area contributed by atoms with Crippen LogP contribution in [0.15, 0.2) is 60.2 Å². The number of piperazine rings is 1. The Balaban J connectivity index is 1.35. The van der Waals surface area contributed by atoms with Crippen LogP contribution < -0.4 is 0 Å². The summed E-state index contributed by atoms with van der Waals surface area (Å²) in [6.07, 6.45) is 3.41. The number of hydrogen-bond donors (Lipinski definition) is 0. The summed E-state index contributed by atoms with van der Waals surface area (Å²) in [5.41, 5.74) is 1.73. The molecule has 1 saturated heterocycles. The molecule has 27 heavy (non-hydrogen) atoms. The van der Waals surface area contributed by atoms with Crippen molar-refractivity contribution in [1.82, 2.24) is 19.6 Å². The van der Waals surface area contributed by atoms with Gasteiger partial charge in [0.15, 0.2) is 0 Å². The average molecular weight is 380 g/mol. The van der Waals surface area contributed by atoms with Gasteiger partial charge in [0.2, 0.25) is 0 Å². The summed E-state index contributed by atoms with van der Waals surface area (Å²) in [6.45, 7) is 2.83. The molecule has 2 aromatic heterocycles. The summed E-state index contributed by atoms with van der Waals surface area (Å²) in [4.78, 5) is 29.5. The van der Waals surface area contributed by atoms with E-state index in [1.165, 1.54) is 11.3 Å². The predicted octanol–water partition coefficient (Wildman–Crippen LogP) is 2.59. The Bertz CT molecular complexity index is 913. The average Bonchev–Trinajstić information content (AvgIpc) is 3.40. The highest BCUT2D eigenvalue weighted by Gasteiger charge is 2.26. The molecule has 0 saturated carbocycles. The van der Waals surface area contributed by atoms with Crippen molar-refractivity contribution >= 4 is 23.2 Å². The number of nitrogens with zero attached hydrogens (tertiary/aromatic N) is 4. The number of hydrogen-bond acceptors (Lipinski definition) is 4. The zero-order valence-corrected chi connectivity index (χ0v) is 15.6. The number of carbonyl (C=O) groups is 2. The van der Waals surface area contributed by atoms with E-state index in [1.54, 1.807) is 22.0 Å². The van der Waals surface area contributed by atoms with Gasteiger partial charge in [-0.3, -0.25) is 14.3 Å². The van der Waals surface area contributed by atoms with Crippen LogP contribution in [0.4, 0.5) is 0 Å². The SMILES string of the molecule is O=C(c1cnn(Cc2ccccc2)c1)N1CCN(C(=O)c2cccs2)CC1. The zero-order valence-electron chi connectivity index (χ0n) is 14.8. The van der Waals surface area contributed by atoms with Crippen LogP contribution >= 0.6 is 11.3 Å². The first-order valence-electron chi connectivity index (χ1n) is 8.89. The van der Waals surface area contributed by atoms with E-state index < -0.39 is 0 Å². The molecule has 4 rings (SSSR count). The second kappa shape index (κ2) is 7.75. The lowest BCUT2D eigenvalue weighted by atomic mass is 10.2. The Hall–Kier alpha value is -2.93. The predicted molar refractivity (Wildman–Crippen MR) is 104 cm³/mol. The number of thiophene rings is 1. The summed E-state index contributed by atoms with van der Waals surface area (Å²) in [5, 5.41) is 6.21. The molecule has 0 bridgehead atoms. The van der Waals surface area contributed by atoms with Gasteiger partial charge in [-0.2, -0.15) is 5.10 Å². The molecule has 0 radical (unpaired) electrons. The van der Waals surface area contributed by atoms with Gasteiger partial charge in [0.25, 0.3) is 11.8 Å². The molecule has 2 amide bonds. The van der Waals surface area contributed by atoms with Gasteiger partial charge in [0.1, 0.15) is 0 Å². The number of benzene rings is 1. The van der Waals surface area contributed by atoms with Gasteiger partial charge in [0.05, 0.1) is 23.2 Å². The molecule has 0 aliphatic carbocycles. The first-order valence-corrected chi connectivity index (χ1v) is 9.77. The van der Waals surface area contributed by atoms with Crippen LogP contribution in [-0.2, 0) is 6.54 Å². The van der Waals surface area contributed by atoms with E-state index in [0.717, 1.165) is 10.4 Å². The van der Waals surface area contributed by atoms with Gasteiger partial charge in [-0.1, -0.05) is 36.4 Å². The molecular formula is C20H20N4O2S. The summed E-state index contributed by atoms with van der Waals surface area (Å²) < 4.78 is 1.78. The lowest BCUT2D eigenvalue weighted by Crippen LogP contribution is -2.50. The second-order valence-electron chi connectivity index (χ2n) is 6.47. The van der Waals surface area contributed by atoms with Crippen LogP contribution in [0, 0.1) is 0 Å². The fourth-order valence-electron chi connectivity index (χ4n) is 3.18. The fourth-order valence-corrected chi connectivity index (χ4v) is 3.87. The van der Waals surface area contributed by atoms with Crippen LogP contribution in [0.3, 0.4) is 0 Å². The molecule has 6 nitrogen and oxygen atoms in total. The van der Waals surface area contributed by atoms with Crippen molar-refractivity contribution in [2.75, 3.05) is 26.2 Å². The second-order valence-corrected chi connectivity index (χ2v) is 7.42.